The summed E-state index contributed by atoms with van der Waals surface area (Å²) in [6, 6.07) is 14.7. The van der Waals surface area contributed by atoms with Crippen molar-refractivity contribution >= 4 is 17.3 Å². The van der Waals surface area contributed by atoms with Gasteiger partial charge in [0.15, 0.2) is 0 Å². The Morgan fingerprint density at radius 3 is 2.58 bits per heavy atom. The van der Waals surface area contributed by atoms with E-state index in [0.717, 1.165) is 24.1 Å². The molecule has 0 aromatic heterocycles. The molecule has 3 heteroatoms. The van der Waals surface area contributed by atoms with Crippen LogP contribution in [0.3, 0.4) is 0 Å². The fourth-order valence-electron chi connectivity index (χ4n) is 4.17. The number of anilines is 1. The molecule has 0 saturated heterocycles. The Morgan fingerprint density at radius 1 is 1.27 bits per heavy atom. The van der Waals surface area contributed by atoms with Gasteiger partial charge in [0.25, 0.3) is 0 Å². The molecule has 0 aliphatic carbocycles. The van der Waals surface area contributed by atoms with Crippen LogP contribution in [-0.2, 0) is 0 Å². The zero-order valence-corrected chi connectivity index (χ0v) is 15.9. The highest BCUT2D eigenvalue weighted by molar-refractivity contribution is 5.90. The van der Waals surface area contributed by atoms with Gasteiger partial charge in [-0.15, -0.1) is 0 Å². The van der Waals surface area contributed by atoms with Crippen LogP contribution in [0.25, 0.3) is 11.6 Å². The molecule has 0 bridgehead atoms. The van der Waals surface area contributed by atoms with Gasteiger partial charge in [-0.1, -0.05) is 25.1 Å². The maximum Gasteiger partial charge on any atom is 0.123 e. The lowest BCUT2D eigenvalue weighted by Gasteiger charge is -2.47. The van der Waals surface area contributed by atoms with Crippen LogP contribution in [0.15, 0.2) is 42.5 Å². The highest BCUT2D eigenvalue weighted by Crippen LogP contribution is 2.43. The summed E-state index contributed by atoms with van der Waals surface area (Å²) in [7, 11) is 0. The first-order valence-electron chi connectivity index (χ1n) is 9.15. The van der Waals surface area contributed by atoms with Crippen molar-refractivity contribution in [3.63, 3.8) is 0 Å². The average Bonchev–Trinajstić information content (AvgIpc) is 2.60. The van der Waals surface area contributed by atoms with E-state index in [-0.39, 0.29) is 11.4 Å². The molecule has 0 saturated carbocycles. The Bertz CT molecular complexity index is 872. The predicted molar refractivity (Wildman–Crippen MR) is 106 cm³/mol. The van der Waals surface area contributed by atoms with Crippen LogP contribution in [0.1, 0.15) is 56.7 Å². The normalized spacial score (nSPS) is 19.0. The molecule has 0 unspecified atom stereocenters. The molecule has 3 rings (SSSR count). The van der Waals surface area contributed by atoms with Crippen molar-refractivity contribution in [1.82, 2.24) is 0 Å². The number of halogens is 1. The molecule has 2 aromatic rings. The monoisotopic (exact) mass is 348 g/mol. The molecular weight excluding hydrogens is 323 g/mol. The molecule has 0 radical (unpaired) electrons. The van der Waals surface area contributed by atoms with Crippen molar-refractivity contribution in [3.05, 3.63) is 65.0 Å². The standard InChI is InChI=1S/C23H25FN2/c1-5-26-22-11-6-17(13-21(22)16(2)14-23(26,3)4)12-19(15-25)18-7-9-20(24)10-8-18/h6-13,16H,5,14H2,1-4H3/b19-12-/t16-/m0/s1. The van der Waals surface area contributed by atoms with Crippen LogP contribution in [0.2, 0.25) is 0 Å². The average molecular weight is 348 g/mol. The zero-order chi connectivity index (χ0) is 18.9. The van der Waals surface area contributed by atoms with Gasteiger partial charge in [0.1, 0.15) is 5.82 Å². The minimum atomic E-state index is -0.295. The lowest BCUT2D eigenvalue weighted by atomic mass is 9.79. The molecule has 2 nitrogen and oxygen atoms in total. The summed E-state index contributed by atoms with van der Waals surface area (Å²) in [5, 5.41) is 9.53. The number of hydrogen-bond donors (Lipinski definition) is 0. The van der Waals surface area contributed by atoms with Gasteiger partial charge < -0.3 is 4.90 Å². The Balaban J connectivity index is 2.02. The molecule has 1 heterocycles. The van der Waals surface area contributed by atoms with Gasteiger partial charge in [-0.3, -0.25) is 0 Å². The van der Waals surface area contributed by atoms with Crippen LogP contribution in [0.4, 0.5) is 10.1 Å². The topological polar surface area (TPSA) is 27.0 Å². The Morgan fingerprint density at radius 2 is 1.96 bits per heavy atom. The second-order valence-electron chi connectivity index (χ2n) is 7.66. The molecule has 0 N–H and O–H groups in total. The number of hydrogen-bond acceptors (Lipinski definition) is 2. The quantitative estimate of drug-likeness (QED) is 0.502. The number of nitrogens with zero attached hydrogens (tertiary/aromatic N) is 2. The summed E-state index contributed by atoms with van der Waals surface area (Å²) in [6.07, 6.45) is 2.99. The number of rotatable bonds is 3. The third kappa shape index (κ3) is 3.37. The van der Waals surface area contributed by atoms with Crippen LogP contribution in [0.5, 0.6) is 0 Å². The summed E-state index contributed by atoms with van der Waals surface area (Å²) >= 11 is 0. The largest absolute Gasteiger partial charge is 0.366 e. The molecule has 26 heavy (non-hydrogen) atoms. The smallest absolute Gasteiger partial charge is 0.123 e. The van der Waals surface area contributed by atoms with E-state index in [1.807, 2.05) is 6.08 Å². The van der Waals surface area contributed by atoms with E-state index in [0.29, 0.717) is 11.5 Å². The molecule has 2 aromatic carbocycles. The van der Waals surface area contributed by atoms with Crippen molar-refractivity contribution in [2.24, 2.45) is 0 Å². The van der Waals surface area contributed by atoms with Crippen molar-refractivity contribution in [2.75, 3.05) is 11.4 Å². The van der Waals surface area contributed by atoms with Gasteiger partial charge in [0, 0.05) is 17.8 Å². The zero-order valence-electron chi connectivity index (χ0n) is 15.9. The summed E-state index contributed by atoms with van der Waals surface area (Å²) in [4.78, 5) is 2.46. The number of nitriles is 1. The van der Waals surface area contributed by atoms with Crippen molar-refractivity contribution in [3.8, 4) is 6.07 Å². The summed E-state index contributed by atoms with van der Waals surface area (Å²) in [5.41, 5.74) is 5.04. The predicted octanol–water partition coefficient (Wildman–Crippen LogP) is 6.00. The fourth-order valence-corrected chi connectivity index (χ4v) is 4.17. The van der Waals surface area contributed by atoms with Crippen LogP contribution in [0, 0.1) is 17.1 Å². The maximum absolute atomic E-state index is 13.1. The first kappa shape index (κ1) is 18.2. The van der Waals surface area contributed by atoms with Gasteiger partial charge >= 0.3 is 0 Å². The van der Waals surface area contributed by atoms with E-state index in [1.165, 1.54) is 23.4 Å². The molecule has 1 atom stereocenters. The molecule has 1 aliphatic rings. The molecule has 1 aliphatic heterocycles. The van der Waals surface area contributed by atoms with Crippen LogP contribution >= 0.6 is 0 Å². The highest BCUT2D eigenvalue weighted by atomic mass is 19.1. The number of fused-ring (bicyclic) bond motifs is 1. The van der Waals surface area contributed by atoms with Gasteiger partial charge in [-0.25, -0.2) is 4.39 Å². The Hall–Kier alpha value is -2.60. The van der Waals surface area contributed by atoms with Crippen molar-refractivity contribution in [1.29, 1.82) is 5.26 Å². The first-order valence-corrected chi connectivity index (χ1v) is 9.15. The first-order chi connectivity index (χ1) is 12.4. The van der Waals surface area contributed by atoms with Gasteiger partial charge in [0.05, 0.1) is 11.6 Å². The Kier molecular flexibility index (Phi) is 4.87. The molecule has 0 spiro atoms. The highest BCUT2D eigenvalue weighted by Gasteiger charge is 2.35. The molecule has 134 valence electrons. The van der Waals surface area contributed by atoms with Gasteiger partial charge in [-0.2, -0.15) is 5.26 Å². The summed E-state index contributed by atoms with van der Waals surface area (Å²) < 4.78 is 13.1. The minimum absolute atomic E-state index is 0.143. The van der Waals surface area contributed by atoms with E-state index < -0.39 is 0 Å². The fraction of sp³-hybridized carbons (Fsp3) is 0.348. The third-order valence-corrected chi connectivity index (χ3v) is 5.31. The minimum Gasteiger partial charge on any atom is -0.366 e. The second-order valence-corrected chi connectivity index (χ2v) is 7.66. The van der Waals surface area contributed by atoms with Gasteiger partial charge in [-0.05, 0) is 80.1 Å². The second kappa shape index (κ2) is 6.96. The van der Waals surface area contributed by atoms with E-state index >= 15 is 0 Å². The Labute approximate surface area is 155 Å². The van der Waals surface area contributed by atoms with Crippen molar-refractivity contribution in [2.45, 2.75) is 45.6 Å². The number of allylic oxidation sites excluding steroid dienone is 1. The lowest BCUT2D eigenvalue weighted by molar-refractivity contribution is 0.381. The van der Waals surface area contributed by atoms with E-state index in [9.17, 15) is 9.65 Å². The summed E-state index contributed by atoms with van der Waals surface area (Å²) in [5.74, 6) is 0.170. The molecule has 0 fully saturated rings. The van der Waals surface area contributed by atoms with E-state index in [4.69, 9.17) is 0 Å². The molecule has 0 amide bonds. The van der Waals surface area contributed by atoms with Crippen molar-refractivity contribution < 1.29 is 4.39 Å². The lowest BCUT2D eigenvalue weighted by Crippen LogP contribution is -2.48. The van der Waals surface area contributed by atoms with Gasteiger partial charge in [0.2, 0.25) is 0 Å². The number of benzene rings is 2. The van der Waals surface area contributed by atoms with Crippen LogP contribution < -0.4 is 4.90 Å². The maximum atomic E-state index is 13.1. The molecular formula is C23H25FN2. The van der Waals surface area contributed by atoms with E-state index in [1.54, 1.807) is 12.1 Å². The van der Waals surface area contributed by atoms with Crippen LogP contribution in [-0.4, -0.2) is 12.1 Å². The summed E-state index contributed by atoms with van der Waals surface area (Å²) in [6.45, 7) is 10.0. The third-order valence-electron chi connectivity index (χ3n) is 5.31. The SMILES string of the molecule is CCN1c2ccc(/C=C(/C#N)c3ccc(F)cc3)cc2[C@@H](C)CC1(C)C. The van der Waals surface area contributed by atoms with E-state index in [2.05, 4.69) is 56.9 Å².